The molecular formula is C16H18ClNO3. The highest BCUT2D eigenvalue weighted by atomic mass is 35.5. The third-order valence-electron chi connectivity index (χ3n) is 3.94. The zero-order valence-electron chi connectivity index (χ0n) is 12.0. The molecule has 3 rings (SSSR count). The number of morpholine rings is 1. The molecular weight excluding hydrogens is 290 g/mol. The molecule has 4 nitrogen and oxygen atoms in total. The number of carbonyl (C=O) groups excluding carboxylic acids is 1. The molecule has 21 heavy (non-hydrogen) atoms. The summed E-state index contributed by atoms with van der Waals surface area (Å²) in [5.74, 6) is -0.439. The van der Waals surface area contributed by atoms with E-state index in [2.05, 4.69) is 4.90 Å². The maximum absolute atomic E-state index is 12.0. The predicted molar refractivity (Wildman–Crippen MR) is 81.0 cm³/mol. The van der Waals surface area contributed by atoms with E-state index in [1.54, 1.807) is 0 Å². The van der Waals surface area contributed by atoms with Crippen molar-refractivity contribution in [2.75, 3.05) is 32.8 Å². The Labute approximate surface area is 129 Å². The number of halogens is 1. The molecule has 0 radical (unpaired) electrons. The second kappa shape index (κ2) is 5.79. The maximum Gasteiger partial charge on any atom is 0.351 e. The van der Waals surface area contributed by atoms with Crippen LogP contribution in [0.3, 0.4) is 0 Å². The van der Waals surface area contributed by atoms with Crippen molar-refractivity contribution in [3.05, 3.63) is 40.9 Å². The van der Waals surface area contributed by atoms with Crippen molar-refractivity contribution in [3.63, 3.8) is 0 Å². The first kappa shape index (κ1) is 14.6. The van der Waals surface area contributed by atoms with E-state index in [-0.39, 0.29) is 5.03 Å². The lowest BCUT2D eigenvalue weighted by molar-refractivity contribution is -0.146. The summed E-state index contributed by atoms with van der Waals surface area (Å²) in [4.78, 5) is 14.2. The van der Waals surface area contributed by atoms with Crippen molar-refractivity contribution in [2.24, 2.45) is 0 Å². The van der Waals surface area contributed by atoms with Crippen LogP contribution >= 0.6 is 11.6 Å². The van der Waals surface area contributed by atoms with E-state index < -0.39 is 11.6 Å². The minimum Gasteiger partial charge on any atom is -0.449 e. The Bertz CT molecular complexity index is 566. The summed E-state index contributed by atoms with van der Waals surface area (Å²) in [6.07, 6.45) is 0. The third-order valence-corrected chi connectivity index (χ3v) is 4.28. The van der Waals surface area contributed by atoms with Gasteiger partial charge >= 0.3 is 5.97 Å². The SMILES string of the molecule is C[C@]1(CN2CCOCC2)OC(=O)C(Cl)=C1c1ccccc1. The highest BCUT2D eigenvalue weighted by Gasteiger charge is 2.45. The fraction of sp³-hybridized carbons (Fsp3) is 0.438. The quantitative estimate of drug-likeness (QED) is 0.803. The molecule has 112 valence electrons. The Balaban J connectivity index is 1.91. The zero-order valence-corrected chi connectivity index (χ0v) is 12.7. The smallest absolute Gasteiger partial charge is 0.351 e. The first-order valence-corrected chi connectivity index (χ1v) is 7.47. The number of ether oxygens (including phenoxy) is 2. The topological polar surface area (TPSA) is 38.8 Å². The molecule has 0 saturated carbocycles. The summed E-state index contributed by atoms with van der Waals surface area (Å²) >= 11 is 6.23. The van der Waals surface area contributed by atoms with E-state index in [0.29, 0.717) is 19.8 Å². The molecule has 0 spiro atoms. The van der Waals surface area contributed by atoms with Gasteiger partial charge < -0.3 is 9.47 Å². The van der Waals surface area contributed by atoms with E-state index >= 15 is 0 Å². The van der Waals surface area contributed by atoms with Crippen LogP contribution in [0, 0.1) is 0 Å². The first-order valence-electron chi connectivity index (χ1n) is 7.09. The molecule has 2 heterocycles. The number of benzene rings is 1. The van der Waals surface area contributed by atoms with E-state index in [1.807, 2.05) is 37.3 Å². The average molecular weight is 308 g/mol. The van der Waals surface area contributed by atoms with Gasteiger partial charge in [0.25, 0.3) is 0 Å². The Morgan fingerprint density at radius 2 is 1.90 bits per heavy atom. The number of cyclic esters (lactones) is 1. The van der Waals surface area contributed by atoms with E-state index in [9.17, 15) is 4.79 Å². The fourth-order valence-electron chi connectivity index (χ4n) is 2.97. The van der Waals surface area contributed by atoms with Crippen molar-refractivity contribution >= 4 is 23.1 Å². The van der Waals surface area contributed by atoms with Crippen LogP contribution in [0.25, 0.3) is 5.57 Å². The zero-order chi connectivity index (χ0) is 14.9. The maximum atomic E-state index is 12.0. The molecule has 5 heteroatoms. The summed E-state index contributed by atoms with van der Waals surface area (Å²) in [5.41, 5.74) is 0.998. The van der Waals surface area contributed by atoms with Gasteiger partial charge in [0.05, 0.1) is 13.2 Å². The summed E-state index contributed by atoms with van der Waals surface area (Å²) in [7, 11) is 0. The average Bonchev–Trinajstić information content (AvgIpc) is 2.70. The highest BCUT2D eigenvalue weighted by Crippen LogP contribution is 2.41. The van der Waals surface area contributed by atoms with E-state index in [1.165, 1.54) is 0 Å². The van der Waals surface area contributed by atoms with Gasteiger partial charge in [-0.15, -0.1) is 0 Å². The molecule has 1 aromatic carbocycles. The van der Waals surface area contributed by atoms with E-state index in [0.717, 1.165) is 24.2 Å². The number of rotatable bonds is 3. The van der Waals surface area contributed by atoms with Crippen LogP contribution in [-0.2, 0) is 14.3 Å². The minimum absolute atomic E-state index is 0.192. The standard InChI is InChI=1S/C16H18ClNO3/c1-16(11-18-7-9-20-10-8-18)13(14(17)15(19)21-16)12-5-3-2-4-6-12/h2-6H,7-11H2,1H3/t16-/m1/s1. The van der Waals surface area contributed by atoms with Gasteiger partial charge in [-0.05, 0) is 12.5 Å². The third kappa shape index (κ3) is 2.84. The van der Waals surface area contributed by atoms with Gasteiger partial charge in [0.2, 0.25) is 0 Å². The van der Waals surface area contributed by atoms with Crippen molar-refractivity contribution in [2.45, 2.75) is 12.5 Å². The van der Waals surface area contributed by atoms with Gasteiger partial charge in [-0.25, -0.2) is 4.79 Å². The van der Waals surface area contributed by atoms with Crippen molar-refractivity contribution in [1.82, 2.24) is 4.90 Å². The molecule has 1 saturated heterocycles. The van der Waals surface area contributed by atoms with Crippen LogP contribution < -0.4 is 0 Å². The number of hydrogen-bond donors (Lipinski definition) is 0. The normalized spacial score (nSPS) is 27.0. The second-order valence-electron chi connectivity index (χ2n) is 5.56. The van der Waals surface area contributed by atoms with Gasteiger partial charge in [-0.1, -0.05) is 41.9 Å². The van der Waals surface area contributed by atoms with Gasteiger partial charge in [0, 0.05) is 25.2 Å². The molecule has 0 aliphatic carbocycles. The number of esters is 1. The summed E-state index contributed by atoms with van der Waals surface area (Å²) in [5, 5.41) is 0.192. The summed E-state index contributed by atoms with van der Waals surface area (Å²) < 4.78 is 11.0. The molecule has 0 unspecified atom stereocenters. The molecule has 2 aliphatic heterocycles. The molecule has 0 amide bonds. The minimum atomic E-state index is -0.715. The summed E-state index contributed by atoms with van der Waals surface area (Å²) in [6, 6.07) is 9.72. The number of nitrogens with zero attached hydrogens (tertiary/aromatic N) is 1. The Morgan fingerprint density at radius 3 is 2.57 bits per heavy atom. The van der Waals surface area contributed by atoms with Crippen molar-refractivity contribution in [3.8, 4) is 0 Å². The Morgan fingerprint density at radius 1 is 1.24 bits per heavy atom. The van der Waals surface area contributed by atoms with Crippen LogP contribution in [0.5, 0.6) is 0 Å². The number of hydrogen-bond acceptors (Lipinski definition) is 4. The molecule has 0 bridgehead atoms. The van der Waals surface area contributed by atoms with Gasteiger partial charge in [0.1, 0.15) is 10.6 Å². The second-order valence-corrected chi connectivity index (χ2v) is 5.94. The van der Waals surface area contributed by atoms with Gasteiger partial charge in [0.15, 0.2) is 0 Å². The first-order chi connectivity index (χ1) is 10.1. The van der Waals surface area contributed by atoms with E-state index in [4.69, 9.17) is 21.1 Å². The van der Waals surface area contributed by atoms with Gasteiger partial charge in [-0.2, -0.15) is 0 Å². The van der Waals surface area contributed by atoms with Crippen molar-refractivity contribution in [1.29, 1.82) is 0 Å². The molecule has 1 atom stereocenters. The molecule has 1 fully saturated rings. The lowest BCUT2D eigenvalue weighted by atomic mass is 9.90. The van der Waals surface area contributed by atoms with Crippen LogP contribution in [-0.4, -0.2) is 49.3 Å². The Kier molecular flexibility index (Phi) is 4.02. The largest absolute Gasteiger partial charge is 0.449 e. The van der Waals surface area contributed by atoms with Gasteiger partial charge in [-0.3, -0.25) is 4.90 Å². The van der Waals surface area contributed by atoms with Crippen molar-refractivity contribution < 1.29 is 14.3 Å². The monoisotopic (exact) mass is 307 g/mol. The summed E-state index contributed by atoms with van der Waals surface area (Å²) in [6.45, 7) is 5.66. The van der Waals surface area contributed by atoms with Crippen LogP contribution in [0.2, 0.25) is 0 Å². The number of carbonyl (C=O) groups is 1. The molecule has 2 aliphatic rings. The molecule has 0 aromatic heterocycles. The molecule has 0 N–H and O–H groups in total. The highest BCUT2D eigenvalue weighted by molar-refractivity contribution is 6.45. The predicted octanol–water partition coefficient (Wildman–Crippen LogP) is 2.28. The lowest BCUT2D eigenvalue weighted by Crippen LogP contribution is -2.46. The van der Waals surface area contributed by atoms with Crippen LogP contribution in [0.1, 0.15) is 12.5 Å². The lowest BCUT2D eigenvalue weighted by Gasteiger charge is -2.35. The Hall–Kier alpha value is -1.36. The molecule has 1 aromatic rings. The van der Waals surface area contributed by atoms with Crippen LogP contribution in [0.4, 0.5) is 0 Å². The fourth-order valence-corrected chi connectivity index (χ4v) is 3.32. The van der Waals surface area contributed by atoms with Crippen LogP contribution in [0.15, 0.2) is 35.4 Å².